The van der Waals surface area contributed by atoms with Crippen molar-refractivity contribution < 1.29 is 18.0 Å². The number of ketones is 1. The molecule has 0 unspecified atom stereocenters. The number of hydrogen-bond acceptors (Lipinski definition) is 5. The van der Waals surface area contributed by atoms with Crippen LogP contribution >= 0.6 is 23.1 Å². The summed E-state index contributed by atoms with van der Waals surface area (Å²) in [5.74, 6) is -0.240. The number of alkyl halides is 3. The van der Waals surface area contributed by atoms with Gasteiger partial charge in [0, 0.05) is 33.1 Å². The van der Waals surface area contributed by atoms with E-state index in [-0.39, 0.29) is 17.1 Å². The van der Waals surface area contributed by atoms with E-state index in [4.69, 9.17) is 4.98 Å². The molecule has 0 aliphatic carbocycles. The number of thioether (sulfide) groups is 1. The second-order valence-electron chi connectivity index (χ2n) is 10.3. The number of aryl methyl sites for hydroxylation is 2. The maximum absolute atomic E-state index is 14.2. The minimum atomic E-state index is -4.48. The second kappa shape index (κ2) is 11.6. The van der Waals surface area contributed by atoms with Crippen LogP contribution < -0.4 is 5.56 Å². The van der Waals surface area contributed by atoms with Crippen LogP contribution in [0.5, 0.6) is 0 Å². The number of hydrogen-bond donors (Lipinski definition) is 0. The van der Waals surface area contributed by atoms with Crippen LogP contribution in [0.4, 0.5) is 13.2 Å². The predicted molar refractivity (Wildman–Crippen MR) is 171 cm³/mol. The Hall–Kier alpha value is -4.41. The summed E-state index contributed by atoms with van der Waals surface area (Å²) < 4.78 is 43.3. The second-order valence-corrected chi connectivity index (χ2v) is 12.5. The Kier molecular flexibility index (Phi) is 7.81. The summed E-state index contributed by atoms with van der Waals surface area (Å²) in [6, 6.07) is 25.6. The molecular weight excluding hydrogens is 604 g/mol. The lowest BCUT2D eigenvalue weighted by Crippen LogP contribution is -2.22. The largest absolute Gasteiger partial charge is 0.416 e. The van der Waals surface area contributed by atoms with Crippen molar-refractivity contribution in [2.75, 3.05) is 5.75 Å². The molecule has 0 fully saturated rings. The SMILES string of the molecule is Cc1sc2nc(SCC(=O)c3cc(C)n(-c4cccc(C(F)(F)F)c4)c3C)n(-c3ccccc3)c(=O)c2c1-c1ccccc1. The topological polar surface area (TPSA) is 56.9 Å². The molecule has 5 nitrogen and oxygen atoms in total. The van der Waals surface area contributed by atoms with E-state index >= 15 is 0 Å². The predicted octanol–water partition coefficient (Wildman–Crippen LogP) is 8.82. The molecule has 0 N–H and O–H groups in total. The third-order valence-corrected chi connectivity index (χ3v) is 9.38. The molecule has 0 aliphatic rings. The van der Waals surface area contributed by atoms with Crippen LogP contribution in [0.2, 0.25) is 0 Å². The quantitative estimate of drug-likeness (QED) is 0.101. The van der Waals surface area contributed by atoms with Crippen molar-refractivity contribution in [3.05, 3.63) is 129 Å². The van der Waals surface area contributed by atoms with E-state index in [1.54, 1.807) is 35.1 Å². The molecular formula is C34H26F3N3O2S2. The molecule has 0 amide bonds. The number of carbonyl (C=O) groups excluding carboxylic acids is 1. The average Bonchev–Trinajstić information content (AvgIpc) is 3.51. The highest BCUT2D eigenvalue weighted by molar-refractivity contribution is 7.99. The van der Waals surface area contributed by atoms with Gasteiger partial charge in [-0.05, 0) is 62.7 Å². The molecule has 6 aromatic rings. The molecule has 0 saturated carbocycles. The maximum atomic E-state index is 14.2. The van der Waals surface area contributed by atoms with Crippen molar-refractivity contribution >= 4 is 39.1 Å². The Morgan fingerprint density at radius 3 is 2.20 bits per heavy atom. The Bertz CT molecular complexity index is 2080. The number of carbonyl (C=O) groups is 1. The van der Waals surface area contributed by atoms with Gasteiger partial charge in [-0.25, -0.2) is 4.98 Å². The van der Waals surface area contributed by atoms with E-state index < -0.39 is 11.7 Å². The molecule has 3 aromatic carbocycles. The van der Waals surface area contributed by atoms with Crippen molar-refractivity contribution in [2.24, 2.45) is 0 Å². The fraction of sp³-hybridized carbons (Fsp3) is 0.147. The van der Waals surface area contributed by atoms with Crippen LogP contribution in [-0.4, -0.2) is 25.7 Å². The van der Waals surface area contributed by atoms with E-state index in [1.807, 2.05) is 67.6 Å². The number of para-hydroxylation sites is 1. The number of nitrogens with zero attached hydrogens (tertiary/aromatic N) is 3. The van der Waals surface area contributed by atoms with Gasteiger partial charge in [0.15, 0.2) is 10.9 Å². The van der Waals surface area contributed by atoms with Gasteiger partial charge < -0.3 is 4.57 Å². The number of thiophene rings is 1. The summed E-state index contributed by atoms with van der Waals surface area (Å²) >= 11 is 2.60. The Labute approximate surface area is 259 Å². The summed E-state index contributed by atoms with van der Waals surface area (Å²) in [5, 5.41) is 0.914. The van der Waals surface area contributed by atoms with Crippen LogP contribution in [0.25, 0.3) is 32.7 Å². The molecule has 0 saturated heterocycles. The fourth-order valence-electron chi connectivity index (χ4n) is 5.47. The summed E-state index contributed by atoms with van der Waals surface area (Å²) in [4.78, 5) is 34.2. The molecule has 0 atom stereocenters. The van der Waals surface area contributed by atoms with Crippen LogP contribution in [-0.2, 0) is 6.18 Å². The number of benzene rings is 3. The summed E-state index contributed by atoms with van der Waals surface area (Å²) in [6.45, 7) is 5.44. The summed E-state index contributed by atoms with van der Waals surface area (Å²) in [6.07, 6.45) is -4.48. The van der Waals surface area contributed by atoms with E-state index in [1.165, 1.54) is 17.4 Å². The first kappa shape index (κ1) is 29.7. The van der Waals surface area contributed by atoms with Crippen LogP contribution in [0.15, 0.2) is 101 Å². The van der Waals surface area contributed by atoms with Gasteiger partial charge in [0.25, 0.3) is 5.56 Å². The van der Waals surface area contributed by atoms with Crippen LogP contribution in [0, 0.1) is 20.8 Å². The van der Waals surface area contributed by atoms with Crippen molar-refractivity contribution in [1.29, 1.82) is 0 Å². The molecule has 222 valence electrons. The van der Waals surface area contributed by atoms with E-state index in [0.29, 0.717) is 43.7 Å². The van der Waals surface area contributed by atoms with Gasteiger partial charge >= 0.3 is 6.18 Å². The van der Waals surface area contributed by atoms with Gasteiger partial charge in [-0.3, -0.25) is 14.2 Å². The fourth-order valence-corrected chi connectivity index (χ4v) is 7.45. The zero-order valence-corrected chi connectivity index (χ0v) is 25.6. The number of halogens is 3. The van der Waals surface area contributed by atoms with Crippen LogP contribution in [0.1, 0.15) is 32.2 Å². The number of aromatic nitrogens is 3. The third-order valence-electron chi connectivity index (χ3n) is 7.44. The zero-order chi connectivity index (χ0) is 31.2. The van der Waals surface area contributed by atoms with Gasteiger partial charge in [-0.2, -0.15) is 13.2 Å². The van der Waals surface area contributed by atoms with Crippen molar-refractivity contribution in [3.8, 4) is 22.5 Å². The highest BCUT2D eigenvalue weighted by atomic mass is 32.2. The van der Waals surface area contributed by atoms with E-state index in [9.17, 15) is 22.8 Å². The van der Waals surface area contributed by atoms with Gasteiger partial charge in [-0.1, -0.05) is 66.4 Å². The lowest BCUT2D eigenvalue weighted by atomic mass is 10.0. The van der Waals surface area contributed by atoms with Crippen molar-refractivity contribution in [2.45, 2.75) is 32.1 Å². The Morgan fingerprint density at radius 2 is 1.52 bits per heavy atom. The van der Waals surface area contributed by atoms with E-state index in [0.717, 1.165) is 39.9 Å². The molecule has 0 radical (unpaired) electrons. The van der Waals surface area contributed by atoms with Gasteiger partial charge in [-0.15, -0.1) is 11.3 Å². The number of fused-ring (bicyclic) bond motifs is 1. The standard InChI is InChI=1S/C34H26F3N3O2S2/c1-20-17-27(21(2)39(20)26-16-10-13-24(18-26)34(35,36)37)28(41)19-43-33-38-31-30(32(42)40(33)25-14-8-5-9-15-25)29(22(3)44-31)23-11-6-4-7-12-23/h4-18H,19H2,1-3H3. The molecule has 44 heavy (non-hydrogen) atoms. The lowest BCUT2D eigenvalue weighted by molar-refractivity contribution is -0.137. The molecule has 0 aliphatic heterocycles. The highest BCUT2D eigenvalue weighted by Crippen LogP contribution is 2.37. The molecule has 6 rings (SSSR count). The molecule has 3 aromatic heterocycles. The third kappa shape index (κ3) is 5.39. The Morgan fingerprint density at radius 1 is 0.864 bits per heavy atom. The van der Waals surface area contributed by atoms with E-state index in [2.05, 4.69) is 0 Å². The van der Waals surface area contributed by atoms with Crippen LogP contribution in [0.3, 0.4) is 0 Å². The highest BCUT2D eigenvalue weighted by Gasteiger charge is 2.31. The molecule has 0 spiro atoms. The number of rotatable bonds is 7. The molecule has 10 heteroatoms. The lowest BCUT2D eigenvalue weighted by Gasteiger charge is -2.13. The Balaban J connectivity index is 1.38. The first-order valence-corrected chi connectivity index (χ1v) is 15.5. The van der Waals surface area contributed by atoms with Crippen molar-refractivity contribution in [3.63, 3.8) is 0 Å². The van der Waals surface area contributed by atoms with Gasteiger partial charge in [0.2, 0.25) is 0 Å². The minimum Gasteiger partial charge on any atom is -0.318 e. The zero-order valence-electron chi connectivity index (χ0n) is 24.0. The monoisotopic (exact) mass is 629 g/mol. The van der Waals surface area contributed by atoms with Gasteiger partial charge in [0.1, 0.15) is 4.83 Å². The average molecular weight is 630 g/mol. The smallest absolute Gasteiger partial charge is 0.318 e. The van der Waals surface area contributed by atoms with Crippen molar-refractivity contribution in [1.82, 2.24) is 14.1 Å². The first-order chi connectivity index (χ1) is 21.0. The molecule has 0 bridgehead atoms. The maximum Gasteiger partial charge on any atom is 0.416 e. The number of Topliss-reactive ketones (excluding diaryl/α,β-unsaturated/α-hetero) is 1. The summed E-state index contributed by atoms with van der Waals surface area (Å²) in [5.41, 5.74) is 3.34. The first-order valence-electron chi connectivity index (χ1n) is 13.7. The molecule has 3 heterocycles. The van der Waals surface area contributed by atoms with Gasteiger partial charge in [0.05, 0.1) is 22.4 Å². The minimum absolute atomic E-state index is 0.0203. The summed E-state index contributed by atoms with van der Waals surface area (Å²) in [7, 11) is 0. The normalized spacial score (nSPS) is 11.8.